The molecule has 0 amide bonds. The molecule has 1 nitrogen and oxygen atoms in total. The fourth-order valence-electron chi connectivity index (χ4n) is 1.51. The van der Waals surface area contributed by atoms with E-state index in [4.69, 9.17) is 0 Å². The lowest BCUT2D eigenvalue weighted by molar-refractivity contribution is 0.425. The van der Waals surface area contributed by atoms with Gasteiger partial charge in [-0.3, -0.25) is 0 Å². The summed E-state index contributed by atoms with van der Waals surface area (Å²) in [5.41, 5.74) is 3.00. The minimum atomic E-state index is 0.333. The van der Waals surface area contributed by atoms with Gasteiger partial charge in [0.15, 0.2) is 0 Å². The number of anilines is 1. The van der Waals surface area contributed by atoms with Crippen molar-refractivity contribution in [1.82, 2.24) is 0 Å². The zero-order valence-corrected chi connectivity index (χ0v) is 11.6. The van der Waals surface area contributed by atoms with Gasteiger partial charge in [0.05, 0.1) is 0 Å². The molecule has 0 aromatic heterocycles. The number of rotatable bonds is 4. The molecule has 0 aliphatic carbocycles. The Bertz CT molecular complexity index is 301. The Morgan fingerprint density at radius 2 is 1.67 bits per heavy atom. The second-order valence-electron chi connectivity index (χ2n) is 5.04. The van der Waals surface area contributed by atoms with Gasteiger partial charge in [0.2, 0.25) is 0 Å². The highest BCUT2D eigenvalue weighted by Crippen LogP contribution is 2.25. The van der Waals surface area contributed by atoms with Crippen LogP contribution in [0.25, 0.3) is 0 Å². The van der Waals surface area contributed by atoms with Gasteiger partial charge in [0.25, 0.3) is 0 Å². The van der Waals surface area contributed by atoms with E-state index in [0.717, 1.165) is 11.8 Å². The molecule has 0 saturated carbocycles. The quantitative estimate of drug-likeness (QED) is 0.754. The Kier molecular flexibility index (Phi) is 4.21. The van der Waals surface area contributed by atoms with Crippen LogP contribution in [0, 0.1) is 5.41 Å². The highest BCUT2D eigenvalue weighted by atomic mass is 79.9. The smallest absolute Gasteiger partial charge is 0.0361 e. The third-order valence-electron chi connectivity index (χ3n) is 2.50. The highest BCUT2D eigenvalue weighted by molar-refractivity contribution is 9.09. The molecule has 0 heterocycles. The molecule has 0 atom stereocenters. The van der Waals surface area contributed by atoms with E-state index in [9.17, 15) is 0 Å². The van der Waals surface area contributed by atoms with Crippen molar-refractivity contribution in [3.05, 3.63) is 29.8 Å². The lowest BCUT2D eigenvalue weighted by Gasteiger charge is -2.22. The average Bonchev–Trinajstić information content (AvgIpc) is 2.18. The van der Waals surface area contributed by atoms with Crippen molar-refractivity contribution in [3.8, 4) is 0 Å². The van der Waals surface area contributed by atoms with E-state index in [2.05, 4.69) is 73.0 Å². The van der Waals surface area contributed by atoms with Crippen molar-refractivity contribution in [3.63, 3.8) is 0 Å². The molecule has 0 fully saturated rings. The van der Waals surface area contributed by atoms with Gasteiger partial charge in [-0.05, 0) is 29.5 Å². The Labute approximate surface area is 102 Å². The Hall–Kier alpha value is -0.500. The molecular formula is C13H20BrN. The van der Waals surface area contributed by atoms with Crippen LogP contribution < -0.4 is 4.90 Å². The first-order chi connectivity index (χ1) is 6.94. The Morgan fingerprint density at radius 3 is 2.07 bits per heavy atom. The minimum Gasteiger partial charge on any atom is -0.378 e. The van der Waals surface area contributed by atoms with Gasteiger partial charge in [-0.25, -0.2) is 0 Å². The van der Waals surface area contributed by atoms with E-state index in [-0.39, 0.29) is 0 Å². The number of hydrogen-bond acceptors (Lipinski definition) is 1. The first kappa shape index (κ1) is 12.6. The van der Waals surface area contributed by atoms with Crippen LogP contribution >= 0.6 is 15.9 Å². The van der Waals surface area contributed by atoms with Crippen LogP contribution in [0.1, 0.15) is 19.4 Å². The lowest BCUT2D eigenvalue weighted by Crippen LogP contribution is -2.16. The van der Waals surface area contributed by atoms with E-state index in [1.807, 2.05) is 0 Å². The normalized spacial score (nSPS) is 11.5. The molecule has 1 aromatic rings. The molecule has 2 heteroatoms. The topological polar surface area (TPSA) is 3.24 Å². The number of alkyl halides is 1. The molecule has 84 valence electrons. The number of halogens is 1. The SMILES string of the molecule is CN(C)c1ccc(CC(C)(C)CBr)cc1. The summed E-state index contributed by atoms with van der Waals surface area (Å²) in [5.74, 6) is 0. The van der Waals surface area contributed by atoms with Crippen molar-refractivity contribution in [2.75, 3.05) is 24.3 Å². The van der Waals surface area contributed by atoms with Crippen molar-refractivity contribution in [2.24, 2.45) is 5.41 Å². The summed E-state index contributed by atoms with van der Waals surface area (Å²) in [6.07, 6.45) is 1.12. The van der Waals surface area contributed by atoms with Gasteiger partial charge in [-0.2, -0.15) is 0 Å². The van der Waals surface area contributed by atoms with E-state index in [0.29, 0.717) is 5.41 Å². The minimum absolute atomic E-state index is 0.333. The molecule has 15 heavy (non-hydrogen) atoms. The molecule has 1 rings (SSSR count). The summed E-state index contributed by atoms with van der Waals surface area (Å²) < 4.78 is 0. The third-order valence-corrected chi connectivity index (χ3v) is 4.02. The first-order valence-electron chi connectivity index (χ1n) is 5.27. The van der Waals surface area contributed by atoms with Crippen molar-refractivity contribution in [2.45, 2.75) is 20.3 Å². The van der Waals surface area contributed by atoms with Gasteiger partial charge >= 0.3 is 0 Å². The summed E-state index contributed by atoms with van der Waals surface area (Å²) in [6.45, 7) is 4.56. The second-order valence-corrected chi connectivity index (χ2v) is 5.60. The van der Waals surface area contributed by atoms with Crippen LogP contribution in [0.2, 0.25) is 0 Å². The largest absolute Gasteiger partial charge is 0.378 e. The summed E-state index contributed by atoms with van der Waals surface area (Å²) in [4.78, 5) is 2.12. The summed E-state index contributed by atoms with van der Waals surface area (Å²) in [7, 11) is 4.13. The maximum Gasteiger partial charge on any atom is 0.0361 e. The Morgan fingerprint density at radius 1 is 1.13 bits per heavy atom. The molecule has 0 radical (unpaired) electrons. The van der Waals surface area contributed by atoms with Crippen LogP contribution in [-0.2, 0) is 6.42 Å². The van der Waals surface area contributed by atoms with Crippen LogP contribution in [0.3, 0.4) is 0 Å². The van der Waals surface area contributed by atoms with Gasteiger partial charge in [0, 0.05) is 25.1 Å². The molecule has 0 spiro atoms. The zero-order valence-electron chi connectivity index (χ0n) is 10.0. The maximum atomic E-state index is 3.56. The standard InChI is InChI=1S/C13H20BrN/c1-13(2,10-14)9-11-5-7-12(8-6-11)15(3)4/h5-8H,9-10H2,1-4H3. The average molecular weight is 270 g/mol. The summed E-state index contributed by atoms with van der Waals surface area (Å²) >= 11 is 3.56. The summed E-state index contributed by atoms with van der Waals surface area (Å²) in [5, 5.41) is 1.04. The van der Waals surface area contributed by atoms with Crippen molar-refractivity contribution >= 4 is 21.6 Å². The molecule has 0 N–H and O–H groups in total. The van der Waals surface area contributed by atoms with E-state index in [1.165, 1.54) is 11.3 Å². The Balaban J connectivity index is 2.73. The lowest BCUT2D eigenvalue weighted by atomic mass is 9.88. The van der Waals surface area contributed by atoms with Crippen LogP contribution in [0.5, 0.6) is 0 Å². The predicted octanol–water partition coefficient (Wildman–Crippen LogP) is 3.72. The third kappa shape index (κ3) is 3.86. The maximum absolute atomic E-state index is 3.56. The molecule has 0 aliphatic rings. The van der Waals surface area contributed by atoms with E-state index >= 15 is 0 Å². The molecule has 0 saturated heterocycles. The van der Waals surface area contributed by atoms with Gasteiger partial charge in [-0.15, -0.1) is 0 Å². The van der Waals surface area contributed by atoms with Gasteiger partial charge in [-0.1, -0.05) is 41.9 Å². The zero-order chi connectivity index (χ0) is 11.5. The van der Waals surface area contributed by atoms with Crippen molar-refractivity contribution < 1.29 is 0 Å². The van der Waals surface area contributed by atoms with Crippen LogP contribution in [0.15, 0.2) is 24.3 Å². The molecule has 0 bridgehead atoms. The van der Waals surface area contributed by atoms with Gasteiger partial charge in [0.1, 0.15) is 0 Å². The fourth-order valence-corrected chi connectivity index (χ4v) is 1.71. The molecule has 1 aromatic carbocycles. The van der Waals surface area contributed by atoms with E-state index < -0.39 is 0 Å². The molecule has 0 unspecified atom stereocenters. The van der Waals surface area contributed by atoms with Crippen LogP contribution in [0.4, 0.5) is 5.69 Å². The molecule has 0 aliphatic heterocycles. The monoisotopic (exact) mass is 269 g/mol. The molecular weight excluding hydrogens is 250 g/mol. The van der Waals surface area contributed by atoms with Gasteiger partial charge < -0.3 is 4.90 Å². The van der Waals surface area contributed by atoms with Crippen molar-refractivity contribution in [1.29, 1.82) is 0 Å². The first-order valence-corrected chi connectivity index (χ1v) is 6.39. The van der Waals surface area contributed by atoms with E-state index in [1.54, 1.807) is 0 Å². The van der Waals surface area contributed by atoms with Crippen LogP contribution in [-0.4, -0.2) is 19.4 Å². The summed E-state index contributed by atoms with van der Waals surface area (Å²) in [6, 6.07) is 8.80. The highest BCUT2D eigenvalue weighted by Gasteiger charge is 2.16. The second kappa shape index (κ2) is 5.02. The number of benzene rings is 1. The number of nitrogens with zero attached hydrogens (tertiary/aromatic N) is 1. The predicted molar refractivity (Wildman–Crippen MR) is 72.0 cm³/mol. The number of hydrogen-bond donors (Lipinski definition) is 0. The fraction of sp³-hybridized carbons (Fsp3) is 0.538.